The fourth-order valence-corrected chi connectivity index (χ4v) is 2.65. The predicted molar refractivity (Wildman–Crippen MR) is 56.5 cm³/mol. The van der Waals surface area contributed by atoms with Crippen LogP contribution in [0.3, 0.4) is 0 Å². The molecule has 0 spiro atoms. The molecule has 0 unspecified atom stereocenters. The second kappa shape index (κ2) is 4.70. The van der Waals surface area contributed by atoms with E-state index in [1.54, 1.807) is 0 Å². The maximum Gasteiger partial charge on any atom is 0.191 e. The van der Waals surface area contributed by atoms with Crippen LogP contribution >= 0.6 is 50.7 Å². The monoisotopic (exact) mass is 294 g/mol. The fourth-order valence-electron chi connectivity index (χ4n) is 1.34. The third kappa shape index (κ3) is 3.59. The van der Waals surface area contributed by atoms with Crippen LogP contribution in [0.1, 0.15) is 6.42 Å². The van der Waals surface area contributed by atoms with Crippen LogP contribution < -0.4 is 0 Å². The van der Waals surface area contributed by atoms with Gasteiger partial charge in [0.05, 0.1) is 6.61 Å². The van der Waals surface area contributed by atoms with Crippen molar-refractivity contribution in [2.45, 2.75) is 10.2 Å². The standard InChI is InChI=1S/C7H10BrCl3O/c8-2-6-4-12-3-5(6)1-7(9,10)11/h5-6H,1-4H2/t5-,6-/m0/s1. The molecule has 1 nitrogen and oxygen atoms in total. The minimum absolute atomic E-state index is 0.372. The Morgan fingerprint density at radius 2 is 1.83 bits per heavy atom. The minimum Gasteiger partial charge on any atom is -0.381 e. The Bertz CT molecular complexity index is 148. The van der Waals surface area contributed by atoms with Crippen LogP contribution in [0.25, 0.3) is 0 Å². The topological polar surface area (TPSA) is 9.23 Å². The molecule has 1 fully saturated rings. The lowest BCUT2D eigenvalue weighted by Gasteiger charge is -2.19. The summed E-state index contributed by atoms with van der Waals surface area (Å²) in [5.41, 5.74) is 0. The van der Waals surface area contributed by atoms with Crippen molar-refractivity contribution < 1.29 is 4.74 Å². The van der Waals surface area contributed by atoms with Gasteiger partial charge in [0.25, 0.3) is 0 Å². The van der Waals surface area contributed by atoms with E-state index in [4.69, 9.17) is 39.5 Å². The van der Waals surface area contributed by atoms with Gasteiger partial charge in [-0.15, -0.1) is 0 Å². The quantitative estimate of drug-likeness (QED) is 0.710. The molecule has 0 aromatic rings. The molecule has 1 heterocycles. The molecule has 0 bridgehead atoms. The summed E-state index contributed by atoms with van der Waals surface area (Å²) in [7, 11) is 0. The minimum atomic E-state index is -1.14. The van der Waals surface area contributed by atoms with Crippen molar-refractivity contribution in [3.05, 3.63) is 0 Å². The van der Waals surface area contributed by atoms with Gasteiger partial charge in [0.15, 0.2) is 3.79 Å². The van der Waals surface area contributed by atoms with Gasteiger partial charge in [0.1, 0.15) is 0 Å². The zero-order valence-corrected chi connectivity index (χ0v) is 10.3. The molecule has 0 aliphatic carbocycles. The van der Waals surface area contributed by atoms with Gasteiger partial charge in [-0.25, -0.2) is 0 Å². The van der Waals surface area contributed by atoms with E-state index >= 15 is 0 Å². The van der Waals surface area contributed by atoms with E-state index in [0.717, 1.165) is 11.9 Å². The molecule has 0 saturated carbocycles. The molecule has 72 valence electrons. The molecular formula is C7H10BrCl3O. The molecule has 12 heavy (non-hydrogen) atoms. The lowest BCUT2D eigenvalue weighted by molar-refractivity contribution is 0.181. The Kier molecular flexibility index (Phi) is 4.46. The van der Waals surface area contributed by atoms with Crippen molar-refractivity contribution in [2.24, 2.45) is 11.8 Å². The van der Waals surface area contributed by atoms with Crippen LogP contribution in [0.15, 0.2) is 0 Å². The zero-order chi connectivity index (χ0) is 9.19. The molecule has 0 radical (unpaired) electrons. The summed E-state index contributed by atoms with van der Waals surface area (Å²) in [4.78, 5) is 0. The molecule has 0 aromatic carbocycles. The maximum atomic E-state index is 5.70. The first-order valence-electron chi connectivity index (χ1n) is 3.73. The highest BCUT2D eigenvalue weighted by molar-refractivity contribution is 9.09. The first-order chi connectivity index (χ1) is 5.53. The van der Waals surface area contributed by atoms with Crippen LogP contribution in [0, 0.1) is 11.8 Å². The second-order valence-electron chi connectivity index (χ2n) is 3.03. The van der Waals surface area contributed by atoms with Gasteiger partial charge in [-0.3, -0.25) is 0 Å². The van der Waals surface area contributed by atoms with E-state index in [9.17, 15) is 0 Å². The molecule has 1 rings (SSSR count). The number of alkyl halides is 4. The number of ether oxygens (including phenoxy) is 1. The van der Waals surface area contributed by atoms with Crippen molar-refractivity contribution in [1.29, 1.82) is 0 Å². The summed E-state index contributed by atoms with van der Waals surface area (Å²) in [5, 5.41) is 0.915. The van der Waals surface area contributed by atoms with E-state index in [1.165, 1.54) is 0 Å². The average molecular weight is 296 g/mol. The van der Waals surface area contributed by atoms with Crippen LogP contribution in [0.5, 0.6) is 0 Å². The van der Waals surface area contributed by atoms with E-state index in [1.807, 2.05) is 0 Å². The first-order valence-corrected chi connectivity index (χ1v) is 5.99. The molecule has 5 heteroatoms. The van der Waals surface area contributed by atoms with Crippen molar-refractivity contribution in [1.82, 2.24) is 0 Å². The third-order valence-electron chi connectivity index (χ3n) is 2.02. The van der Waals surface area contributed by atoms with Gasteiger partial charge in [0.2, 0.25) is 0 Å². The smallest absolute Gasteiger partial charge is 0.191 e. The van der Waals surface area contributed by atoms with Crippen molar-refractivity contribution in [3.63, 3.8) is 0 Å². The normalized spacial score (nSPS) is 31.0. The highest BCUT2D eigenvalue weighted by Gasteiger charge is 2.34. The molecule has 1 saturated heterocycles. The van der Waals surface area contributed by atoms with Gasteiger partial charge in [-0.1, -0.05) is 50.7 Å². The summed E-state index contributed by atoms with van der Waals surface area (Å²) in [6.45, 7) is 1.49. The van der Waals surface area contributed by atoms with Crippen LogP contribution in [-0.2, 0) is 4.74 Å². The van der Waals surface area contributed by atoms with E-state index in [-0.39, 0.29) is 0 Å². The van der Waals surface area contributed by atoms with Crippen molar-refractivity contribution in [3.8, 4) is 0 Å². The number of halogens is 4. The predicted octanol–water partition coefficient (Wildman–Crippen LogP) is 3.40. The number of rotatable bonds is 2. The molecule has 1 aliphatic heterocycles. The zero-order valence-electron chi connectivity index (χ0n) is 6.40. The van der Waals surface area contributed by atoms with Gasteiger partial charge in [-0.05, 0) is 18.3 Å². The second-order valence-corrected chi connectivity index (χ2v) is 6.19. The SMILES string of the molecule is ClC(Cl)(Cl)C[C@H]1COC[C@@H]1CBr. The highest BCUT2D eigenvalue weighted by atomic mass is 79.9. The molecule has 1 aliphatic rings. The summed E-state index contributed by atoms with van der Waals surface area (Å²) >= 11 is 20.5. The average Bonchev–Trinajstić information content (AvgIpc) is 2.31. The molecular weight excluding hydrogens is 286 g/mol. The third-order valence-corrected chi connectivity index (χ3v) is 3.32. The largest absolute Gasteiger partial charge is 0.381 e. The Morgan fingerprint density at radius 3 is 2.33 bits per heavy atom. The Labute approximate surface area is 95.8 Å². The Balaban J connectivity index is 2.41. The summed E-state index contributed by atoms with van der Waals surface area (Å²) < 4.78 is 4.16. The number of hydrogen-bond acceptors (Lipinski definition) is 1. The van der Waals surface area contributed by atoms with Crippen LogP contribution in [-0.4, -0.2) is 22.3 Å². The maximum absolute atomic E-state index is 5.70. The highest BCUT2D eigenvalue weighted by Crippen LogP contribution is 2.38. The van der Waals surface area contributed by atoms with Gasteiger partial charge >= 0.3 is 0 Å². The lowest BCUT2D eigenvalue weighted by atomic mass is 9.95. The summed E-state index contributed by atoms with van der Waals surface area (Å²) in [6, 6.07) is 0. The van der Waals surface area contributed by atoms with E-state index in [2.05, 4.69) is 15.9 Å². The van der Waals surface area contributed by atoms with Gasteiger partial charge in [-0.2, -0.15) is 0 Å². The van der Waals surface area contributed by atoms with Crippen LogP contribution in [0.2, 0.25) is 0 Å². The first kappa shape index (κ1) is 11.4. The van der Waals surface area contributed by atoms with Crippen LogP contribution in [0.4, 0.5) is 0 Å². The van der Waals surface area contributed by atoms with E-state index in [0.29, 0.717) is 24.9 Å². The van der Waals surface area contributed by atoms with Crippen molar-refractivity contribution in [2.75, 3.05) is 18.5 Å². The number of hydrogen-bond donors (Lipinski definition) is 0. The molecule has 0 aromatic heterocycles. The molecule has 0 N–H and O–H groups in total. The fraction of sp³-hybridized carbons (Fsp3) is 1.00. The summed E-state index contributed by atoms with van der Waals surface area (Å²) in [5.74, 6) is 0.859. The van der Waals surface area contributed by atoms with Gasteiger partial charge in [0, 0.05) is 11.9 Å². The lowest BCUT2D eigenvalue weighted by Crippen LogP contribution is -2.19. The van der Waals surface area contributed by atoms with E-state index < -0.39 is 3.79 Å². The molecule has 0 amide bonds. The summed E-state index contributed by atoms with van der Waals surface area (Å²) in [6.07, 6.45) is 0.577. The van der Waals surface area contributed by atoms with Gasteiger partial charge < -0.3 is 4.74 Å². The van der Waals surface area contributed by atoms with Crippen molar-refractivity contribution >= 4 is 50.7 Å². The Hall–Kier alpha value is 1.31. The molecule has 2 atom stereocenters. The Morgan fingerprint density at radius 1 is 1.25 bits per heavy atom.